The van der Waals surface area contributed by atoms with Crippen LogP contribution in [0.15, 0.2) is 46.9 Å². The Bertz CT molecular complexity index is 899. The number of unbranched alkanes of at least 4 members (excludes halogenated alkanes) is 1. The summed E-state index contributed by atoms with van der Waals surface area (Å²) in [6.45, 7) is 1.56. The molecule has 0 saturated heterocycles. The van der Waals surface area contributed by atoms with Crippen molar-refractivity contribution in [2.75, 3.05) is 22.9 Å². The SMILES string of the molecule is CCS(=O)(=O)Nc1ccc(NC(=O)CCCCc2ccc(Br)cc2)cc1OC. The molecule has 152 valence electrons. The van der Waals surface area contributed by atoms with Gasteiger partial charge in [-0.15, -0.1) is 0 Å². The zero-order valence-corrected chi connectivity index (χ0v) is 18.4. The van der Waals surface area contributed by atoms with E-state index in [1.165, 1.54) is 12.7 Å². The quantitative estimate of drug-likeness (QED) is 0.500. The Morgan fingerprint density at radius 1 is 1.11 bits per heavy atom. The summed E-state index contributed by atoms with van der Waals surface area (Å²) in [7, 11) is -1.95. The molecule has 1 amide bonds. The van der Waals surface area contributed by atoms with Gasteiger partial charge in [0.1, 0.15) is 5.75 Å². The maximum Gasteiger partial charge on any atom is 0.232 e. The zero-order chi connectivity index (χ0) is 20.6. The highest BCUT2D eigenvalue weighted by Crippen LogP contribution is 2.29. The highest BCUT2D eigenvalue weighted by molar-refractivity contribution is 9.10. The number of carbonyl (C=O) groups is 1. The lowest BCUT2D eigenvalue weighted by Gasteiger charge is -2.13. The number of nitrogens with one attached hydrogen (secondary N) is 2. The van der Waals surface area contributed by atoms with E-state index in [4.69, 9.17) is 4.74 Å². The van der Waals surface area contributed by atoms with E-state index in [0.29, 0.717) is 23.5 Å². The van der Waals surface area contributed by atoms with Crippen LogP contribution in [0.1, 0.15) is 31.7 Å². The molecule has 0 unspecified atom stereocenters. The largest absolute Gasteiger partial charge is 0.494 e. The molecule has 0 spiro atoms. The number of hydrogen-bond donors (Lipinski definition) is 2. The van der Waals surface area contributed by atoms with Crippen molar-refractivity contribution in [3.05, 3.63) is 52.5 Å². The lowest BCUT2D eigenvalue weighted by molar-refractivity contribution is -0.116. The molecule has 0 bridgehead atoms. The topological polar surface area (TPSA) is 84.5 Å². The molecule has 6 nitrogen and oxygen atoms in total. The fourth-order valence-corrected chi connectivity index (χ4v) is 3.49. The first-order valence-electron chi connectivity index (χ1n) is 9.06. The van der Waals surface area contributed by atoms with Gasteiger partial charge >= 0.3 is 0 Å². The molecule has 0 atom stereocenters. The van der Waals surface area contributed by atoms with Crippen molar-refractivity contribution in [3.63, 3.8) is 0 Å². The van der Waals surface area contributed by atoms with E-state index in [-0.39, 0.29) is 11.7 Å². The lowest BCUT2D eigenvalue weighted by Crippen LogP contribution is -2.15. The molecule has 0 aliphatic carbocycles. The van der Waals surface area contributed by atoms with E-state index in [2.05, 4.69) is 38.1 Å². The van der Waals surface area contributed by atoms with E-state index in [0.717, 1.165) is 23.7 Å². The molecule has 0 fully saturated rings. The van der Waals surface area contributed by atoms with Crippen molar-refractivity contribution in [3.8, 4) is 5.75 Å². The van der Waals surface area contributed by atoms with E-state index in [9.17, 15) is 13.2 Å². The highest BCUT2D eigenvalue weighted by Gasteiger charge is 2.12. The minimum Gasteiger partial charge on any atom is -0.494 e. The molecule has 0 aliphatic heterocycles. The number of rotatable bonds is 10. The number of sulfonamides is 1. The van der Waals surface area contributed by atoms with Crippen molar-refractivity contribution < 1.29 is 17.9 Å². The summed E-state index contributed by atoms with van der Waals surface area (Å²) in [6, 6.07) is 13.0. The van der Waals surface area contributed by atoms with Crippen LogP contribution in [0, 0.1) is 0 Å². The summed E-state index contributed by atoms with van der Waals surface area (Å²) in [5.41, 5.74) is 2.16. The third-order valence-electron chi connectivity index (χ3n) is 4.16. The number of aryl methyl sites for hydroxylation is 1. The number of methoxy groups -OCH3 is 1. The molecule has 8 heteroatoms. The maximum atomic E-state index is 12.2. The van der Waals surface area contributed by atoms with E-state index >= 15 is 0 Å². The average molecular weight is 469 g/mol. The first-order chi connectivity index (χ1) is 13.3. The summed E-state index contributed by atoms with van der Waals surface area (Å²) in [5.74, 6) is 0.236. The van der Waals surface area contributed by atoms with Crippen LogP contribution in [0.4, 0.5) is 11.4 Å². The van der Waals surface area contributed by atoms with Crippen LogP contribution in [0.2, 0.25) is 0 Å². The molecular formula is C20H25BrN2O4S. The Morgan fingerprint density at radius 3 is 2.46 bits per heavy atom. The highest BCUT2D eigenvalue weighted by atomic mass is 79.9. The van der Waals surface area contributed by atoms with Crippen LogP contribution in [0.3, 0.4) is 0 Å². The molecule has 2 rings (SSSR count). The molecular weight excluding hydrogens is 444 g/mol. The second-order valence-corrected chi connectivity index (χ2v) is 9.23. The monoisotopic (exact) mass is 468 g/mol. The minimum atomic E-state index is -3.40. The minimum absolute atomic E-state index is 0.0328. The van der Waals surface area contributed by atoms with E-state index < -0.39 is 10.0 Å². The third-order valence-corrected chi connectivity index (χ3v) is 5.98. The third kappa shape index (κ3) is 7.16. The zero-order valence-electron chi connectivity index (χ0n) is 16.0. The van der Waals surface area contributed by atoms with Gasteiger partial charge in [0.05, 0.1) is 18.6 Å². The maximum absolute atomic E-state index is 12.2. The fraction of sp³-hybridized carbons (Fsp3) is 0.350. The van der Waals surface area contributed by atoms with Gasteiger partial charge in [-0.2, -0.15) is 0 Å². The first kappa shape index (κ1) is 22.2. The van der Waals surface area contributed by atoms with Gasteiger partial charge in [-0.3, -0.25) is 9.52 Å². The lowest BCUT2D eigenvalue weighted by atomic mass is 10.1. The van der Waals surface area contributed by atoms with Gasteiger partial charge in [0, 0.05) is 22.6 Å². The van der Waals surface area contributed by atoms with Gasteiger partial charge in [0.15, 0.2) is 0 Å². The Hall–Kier alpha value is -2.06. The second-order valence-electron chi connectivity index (χ2n) is 6.30. The number of carbonyl (C=O) groups excluding carboxylic acids is 1. The predicted octanol–water partition coefficient (Wildman–Crippen LogP) is 4.57. The van der Waals surface area contributed by atoms with Crippen LogP contribution in [0.25, 0.3) is 0 Å². The number of ether oxygens (including phenoxy) is 1. The molecule has 0 saturated carbocycles. The van der Waals surface area contributed by atoms with E-state index in [1.54, 1.807) is 25.1 Å². The first-order valence-corrected chi connectivity index (χ1v) is 11.5. The second kappa shape index (κ2) is 10.5. The summed E-state index contributed by atoms with van der Waals surface area (Å²) in [4.78, 5) is 12.2. The predicted molar refractivity (Wildman–Crippen MR) is 116 cm³/mol. The molecule has 2 aromatic rings. The smallest absolute Gasteiger partial charge is 0.232 e. The van der Waals surface area contributed by atoms with Gasteiger partial charge in [-0.25, -0.2) is 8.42 Å². The molecule has 2 N–H and O–H groups in total. The van der Waals surface area contributed by atoms with Crippen molar-refractivity contribution in [1.82, 2.24) is 0 Å². The summed E-state index contributed by atoms with van der Waals surface area (Å²) in [5, 5.41) is 2.82. The van der Waals surface area contributed by atoms with Gasteiger partial charge < -0.3 is 10.1 Å². The number of anilines is 2. The molecule has 2 aromatic carbocycles. The van der Waals surface area contributed by atoms with Crippen molar-refractivity contribution in [1.29, 1.82) is 0 Å². The van der Waals surface area contributed by atoms with Crippen LogP contribution in [-0.4, -0.2) is 27.2 Å². The molecule has 0 heterocycles. The molecule has 0 radical (unpaired) electrons. The van der Waals surface area contributed by atoms with Crippen LogP contribution in [0.5, 0.6) is 5.75 Å². The Balaban J connectivity index is 1.85. The van der Waals surface area contributed by atoms with Gasteiger partial charge in [-0.1, -0.05) is 28.1 Å². The van der Waals surface area contributed by atoms with Crippen LogP contribution < -0.4 is 14.8 Å². The van der Waals surface area contributed by atoms with Gasteiger partial charge in [-0.05, 0) is 56.0 Å². The Morgan fingerprint density at radius 2 is 1.82 bits per heavy atom. The molecule has 28 heavy (non-hydrogen) atoms. The van der Waals surface area contributed by atoms with Gasteiger partial charge in [0.2, 0.25) is 15.9 Å². The Labute approximate surface area is 174 Å². The number of halogens is 1. The number of hydrogen-bond acceptors (Lipinski definition) is 4. The number of benzene rings is 2. The Kier molecular flexibility index (Phi) is 8.32. The van der Waals surface area contributed by atoms with Crippen molar-refractivity contribution >= 4 is 43.2 Å². The molecule has 0 aliphatic rings. The van der Waals surface area contributed by atoms with Gasteiger partial charge in [0.25, 0.3) is 0 Å². The van der Waals surface area contributed by atoms with Crippen LogP contribution >= 0.6 is 15.9 Å². The summed E-state index contributed by atoms with van der Waals surface area (Å²) in [6.07, 6.45) is 3.06. The van der Waals surface area contributed by atoms with Crippen molar-refractivity contribution in [2.45, 2.75) is 32.6 Å². The fourth-order valence-electron chi connectivity index (χ4n) is 2.58. The molecule has 0 aromatic heterocycles. The van der Waals surface area contributed by atoms with E-state index in [1.807, 2.05) is 12.1 Å². The number of amides is 1. The summed E-state index contributed by atoms with van der Waals surface area (Å²) >= 11 is 3.41. The average Bonchev–Trinajstić information content (AvgIpc) is 2.67. The van der Waals surface area contributed by atoms with Crippen LogP contribution in [-0.2, 0) is 21.2 Å². The standard InChI is InChI=1S/C20H25BrN2O4S/c1-3-28(25,26)23-18-13-12-17(14-19(18)27-2)22-20(24)7-5-4-6-15-8-10-16(21)11-9-15/h8-14,23H,3-7H2,1-2H3,(H,22,24). The summed E-state index contributed by atoms with van der Waals surface area (Å²) < 4.78 is 32.2. The van der Waals surface area contributed by atoms with Crippen molar-refractivity contribution in [2.24, 2.45) is 0 Å². The normalized spacial score (nSPS) is 11.1.